The highest BCUT2D eigenvalue weighted by molar-refractivity contribution is 8.00. The van der Waals surface area contributed by atoms with Crippen molar-refractivity contribution in [3.8, 4) is 0 Å². The second-order valence-corrected chi connectivity index (χ2v) is 7.04. The molecule has 0 aliphatic heterocycles. The molecule has 0 unspecified atom stereocenters. The first kappa shape index (κ1) is 14.4. The van der Waals surface area contributed by atoms with Crippen LogP contribution in [-0.2, 0) is 13.6 Å². The van der Waals surface area contributed by atoms with E-state index >= 15 is 0 Å². The maximum absolute atomic E-state index is 4.67. The molecular weight excluding hydrogens is 328 g/mol. The third-order valence-electron chi connectivity index (χ3n) is 3.64. The Morgan fingerprint density at radius 3 is 2.91 bits per heavy atom. The molecule has 0 spiro atoms. The monoisotopic (exact) mass is 342 g/mol. The fourth-order valence-electron chi connectivity index (χ4n) is 2.46. The molecule has 0 radical (unpaired) electrons. The Hall–Kier alpha value is -2.19. The molecule has 0 bridgehead atoms. The summed E-state index contributed by atoms with van der Waals surface area (Å²) in [6.07, 6.45) is 3.56. The number of rotatable bonds is 4. The molecular formula is C15H14N6S2. The average Bonchev–Trinajstić information content (AvgIpc) is 3.15. The summed E-state index contributed by atoms with van der Waals surface area (Å²) in [7, 11) is 2.03. The SMILES string of the molecule is CSc1nc2ncnc(NCc3nc4ccccc4n3C)c2s1. The van der Waals surface area contributed by atoms with Crippen LogP contribution in [-0.4, -0.2) is 30.8 Å². The molecule has 0 fully saturated rings. The maximum Gasteiger partial charge on any atom is 0.176 e. The molecule has 0 saturated carbocycles. The molecule has 1 N–H and O–H groups in total. The summed E-state index contributed by atoms with van der Waals surface area (Å²) < 4.78 is 4.07. The summed E-state index contributed by atoms with van der Waals surface area (Å²) in [6, 6.07) is 8.12. The maximum atomic E-state index is 4.67. The Morgan fingerprint density at radius 2 is 2.09 bits per heavy atom. The number of anilines is 1. The van der Waals surface area contributed by atoms with Crippen molar-refractivity contribution in [2.75, 3.05) is 11.6 Å². The van der Waals surface area contributed by atoms with Crippen molar-refractivity contribution >= 4 is 50.3 Å². The topological polar surface area (TPSA) is 68.5 Å². The van der Waals surface area contributed by atoms with E-state index in [-0.39, 0.29) is 0 Å². The third-order valence-corrected chi connectivity index (χ3v) is 5.68. The van der Waals surface area contributed by atoms with Crippen LogP contribution in [0.25, 0.3) is 21.4 Å². The summed E-state index contributed by atoms with van der Waals surface area (Å²) in [4.78, 5) is 17.7. The minimum Gasteiger partial charge on any atom is -0.361 e. The van der Waals surface area contributed by atoms with Gasteiger partial charge in [-0.1, -0.05) is 23.9 Å². The van der Waals surface area contributed by atoms with Crippen molar-refractivity contribution in [3.05, 3.63) is 36.4 Å². The molecule has 0 aliphatic carbocycles. The quantitative estimate of drug-likeness (QED) is 0.574. The van der Waals surface area contributed by atoms with Gasteiger partial charge in [0.2, 0.25) is 0 Å². The molecule has 4 aromatic rings. The molecule has 0 saturated heterocycles. The van der Waals surface area contributed by atoms with Gasteiger partial charge in [-0.3, -0.25) is 0 Å². The lowest BCUT2D eigenvalue weighted by Gasteiger charge is -2.06. The fourth-order valence-corrected chi connectivity index (χ4v) is 3.94. The average molecular weight is 342 g/mol. The van der Waals surface area contributed by atoms with Gasteiger partial charge in [0.1, 0.15) is 22.7 Å². The van der Waals surface area contributed by atoms with Gasteiger partial charge in [-0.05, 0) is 18.4 Å². The lowest BCUT2D eigenvalue weighted by atomic mass is 10.3. The predicted octanol–water partition coefficient (Wildman–Crippen LogP) is 3.31. The normalized spacial score (nSPS) is 11.4. The molecule has 0 aliphatic rings. The van der Waals surface area contributed by atoms with Crippen LogP contribution in [0.3, 0.4) is 0 Å². The van der Waals surface area contributed by atoms with Crippen LogP contribution >= 0.6 is 23.1 Å². The van der Waals surface area contributed by atoms with E-state index in [9.17, 15) is 0 Å². The zero-order valence-electron chi connectivity index (χ0n) is 12.6. The number of thiazole rings is 1. The molecule has 1 aromatic carbocycles. The van der Waals surface area contributed by atoms with Crippen molar-refractivity contribution in [1.29, 1.82) is 0 Å². The lowest BCUT2D eigenvalue weighted by molar-refractivity contribution is 0.832. The second kappa shape index (κ2) is 5.78. The molecule has 116 valence electrons. The molecule has 3 aromatic heterocycles. The summed E-state index contributed by atoms with van der Waals surface area (Å²) in [6.45, 7) is 0.601. The second-order valence-electron chi connectivity index (χ2n) is 4.99. The zero-order valence-corrected chi connectivity index (χ0v) is 14.3. The van der Waals surface area contributed by atoms with E-state index in [1.54, 1.807) is 29.4 Å². The zero-order chi connectivity index (χ0) is 15.8. The van der Waals surface area contributed by atoms with Gasteiger partial charge in [-0.2, -0.15) is 0 Å². The number of aryl methyl sites for hydroxylation is 1. The van der Waals surface area contributed by atoms with Gasteiger partial charge < -0.3 is 9.88 Å². The minimum atomic E-state index is 0.601. The van der Waals surface area contributed by atoms with Gasteiger partial charge in [-0.15, -0.1) is 11.3 Å². The van der Waals surface area contributed by atoms with E-state index in [2.05, 4.69) is 35.9 Å². The number of nitrogens with one attached hydrogen (secondary N) is 1. The summed E-state index contributed by atoms with van der Waals surface area (Å²) in [5, 5.41) is 3.37. The molecule has 8 heteroatoms. The summed E-state index contributed by atoms with van der Waals surface area (Å²) in [5.74, 6) is 1.77. The van der Waals surface area contributed by atoms with E-state index < -0.39 is 0 Å². The molecule has 0 atom stereocenters. The predicted molar refractivity (Wildman–Crippen MR) is 95.0 cm³/mol. The van der Waals surface area contributed by atoms with E-state index in [0.717, 1.165) is 37.4 Å². The van der Waals surface area contributed by atoms with Crippen molar-refractivity contribution in [1.82, 2.24) is 24.5 Å². The van der Waals surface area contributed by atoms with Gasteiger partial charge in [0.05, 0.1) is 17.6 Å². The van der Waals surface area contributed by atoms with Crippen LogP contribution in [0.15, 0.2) is 34.9 Å². The first-order valence-corrected chi connectivity index (χ1v) is 9.10. The Labute approximate surface area is 141 Å². The lowest BCUT2D eigenvalue weighted by Crippen LogP contribution is -2.07. The Balaban J connectivity index is 1.65. The van der Waals surface area contributed by atoms with E-state index in [1.807, 2.05) is 31.5 Å². The van der Waals surface area contributed by atoms with Crippen molar-refractivity contribution in [2.45, 2.75) is 10.9 Å². The van der Waals surface area contributed by atoms with E-state index in [4.69, 9.17) is 0 Å². The van der Waals surface area contributed by atoms with Crippen LogP contribution in [0.2, 0.25) is 0 Å². The Morgan fingerprint density at radius 1 is 1.22 bits per heavy atom. The number of aromatic nitrogens is 5. The molecule has 6 nitrogen and oxygen atoms in total. The Bertz CT molecular complexity index is 990. The first-order chi connectivity index (χ1) is 11.3. The molecule has 3 heterocycles. The Kier molecular flexibility index (Phi) is 3.62. The van der Waals surface area contributed by atoms with Crippen LogP contribution in [0, 0.1) is 0 Å². The molecule has 23 heavy (non-hydrogen) atoms. The summed E-state index contributed by atoms with van der Waals surface area (Å²) >= 11 is 3.22. The van der Waals surface area contributed by atoms with Crippen molar-refractivity contribution < 1.29 is 0 Å². The molecule has 4 rings (SSSR count). The highest BCUT2D eigenvalue weighted by atomic mass is 32.2. The van der Waals surface area contributed by atoms with Gasteiger partial charge in [0.15, 0.2) is 9.99 Å². The van der Waals surface area contributed by atoms with Crippen LogP contribution < -0.4 is 5.32 Å². The van der Waals surface area contributed by atoms with Gasteiger partial charge >= 0.3 is 0 Å². The number of benzene rings is 1. The minimum absolute atomic E-state index is 0.601. The van der Waals surface area contributed by atoms with Gasteiger partial charge in [0, 0.05) is 7.05 Å². The number of imidazole rings is 1. The highest BCUT2D eigenvalue weighted by Gasteiger charge is 2.12. The smallest absolute Gasteiger partial charge is 0.176 e. The fraction of sp³-hybridized carbons (Fsp3) is 0.200. The number of thioether (sulfide) groups is 1. The van der Waals surface area contributed by atoms with Crippen molar-refractivity contribution in [2.24, 2.45) is 7.05 Å². The van der Waals surface area contributed by atoms with Gasteiger partial charge in [0.25, 0.3) is 0 Å². The largest absolute Gasteiger partial charge is 0.361 e. The number of nitrogens with zero attached hydrogens (tertiary/aromatic N) is 5. The number of para-hydroxylation sites is 2. The van der Waals surface area contributed by atoms with Crippen molar-refractivity contribution in [3.63, 3.8) is 0 Å². The number of fused-ring (bicyclic) bond motifs is 2. The molecule has 0 amide bonds. The van der Waals surface area contributed by atoms with Crippen LogP contribution in [0.4, 0.5) is 5.82 Å². The number of hydrogen-bond donors (Lipinski definition) is 1. The van der Waals surface area contributed by atoms with E-state index in [0.29, 0.717) is 6.54 Å². The summed E-state index contributed by atoms with van der Waals surface area (Å²) in [5.41, 5.74) is 2.86. The number of hydrogen-bond acceptors (Lipinski definition) is 7. The van der Waals surface area contributed by atoms with E-state index in [1.165, 1.54) is 0 Å². The standard InChI is InChI=1S/C15H14N6S2/c1-21-10-6-4-3-5-9(10)19-11(21)7-16-13-12-14(18-8-17-13)20-15(22-2)23-12/h3-6,8H,7H2,1-2H3,(H,16,17,18). The highest BCUT2D eigenvalue weighted by Crippen LogP contribution is 2.31. The van der Waals surface area contributed by atoms with Crippen LogP contribution in [0.5, 0.6) is 0 Å². The first-order valence-electron chi connectivity index (χ1n) is 7.06. The van der Waals surface area contributed by atoms with Crippen LogP contribution in [0.1, 0.15) is 5.82 Å². The van der Waals surface area contributed by atoms with Gasteiger partial charge in [-0.25, -0.2) is 19.9 Å². The third kappa shape index (κ3) is 2.53.